The van der Waals surface area contributed by atoms with Gasteiger partial charge in [-0.2, -0.15) is 4.98 Å². The molecule has 7 nitrogen and oxygen atoms in total. The molecule has 0 unspecified atom stereocenters. The summed E-state index contributed by atoms with van der Waals surface area (Å²) in [6.07, 6.45) is 2.81. The molecule has 1 aromatic heterocycles. The zero-order chi connectivity index (χ0) is 22.1. The number of benzene rings is 2. The van der Waals surface area contributed by atoms with Gasteiger partial charge < -0.3 is 15.2 Å². The molecule has 0 saturated carbocycles. The number of likely N-dealkylation sites (N-methyl/N-ethyl adjacent to an activating group) is 1. The minimum Gasteiger partial charge on any atom is -0.325 e. The van der Waals surface area contributed by atoms with Gasteiger partial charge in [-0.1, -0.05) is 48.2 Å². The van der Waals surface area contributed by atoms with Crippen LogP contribution in [-0.2, 0) is 17.6 Å². The lowest BCUT2D eigenvalue weighted by Gasteiger charge is -2.35. The van der Waals surface area contributed by atoms with Crippen molar-refractivity contribution in [3.63, 3.8) is 0 Å². The summed E-state index contributed by atoms with van der Waals surface area (Å²) in [6, 6.07) is 13.9. The second-order valence-electron chi connectivity index (χ2n) is 8.41. The molecule has 1 aliphatic carbocycles. The molecule has 1 N–H and O–H groups in total. The number of aromatic nitrogens is 2. The molecule has 3 aromatic rings. The van der Waals surface area contributed by atoms with E-state index >= 15 is 0 Å². The fourth-order valence-corrected chi connectivity index (χ4v) is 5.45. The van der Waals surface area contributed by atoms with Crippen LogP contribution in [0.3, 0.4) is 0 Å². The van der Waals surface area contributed by atoms with Gasteiger partial charge in [0, 0.05) is 42.8 Å². The van der Waals surface area contributed by atoms with Gasteiger partial charge in [-0.3, -0.25) is 4.79 Å². The third kappa shape index (κ3) is 4.12. The number of thioether (sulfide) groups is 1. The fourth-order valence-electron chi connectivity index (χ4n) is 4.57. The van der Waals surface area contributed by atoms with E-state index in [4.69, 9.17) is 0 Å². The van der Waals surface area contributed by atoms with E-state index in [0.717, 1.165) is 73.2 Å². The Bertz CT molecular complexity index is 1210. The van der Waals surface area contributed by atoms with E-state index in [2.05, 4.69) is 27.3 Å². The minimum absolute atomic E-state index is 0.0943. The molecule has 166 valence electrons. The van der Waals surface area contributed by atoms with Gasteiger partial charge in [0.25, 0.3) is 0 Å². The number of piperazine rings is 1. The van der Waals surface area contributed by atoms with Gasteiger partial charge in [-0.25, -0.2) is 9.47 Å². The Kier molecular flexibility index (Phi) is 5.89. The van der Waals surface area contributed by atoms with E-state index in [9.17, 15) is 9.59 Å². The highest BCUT2D eigenvalue weighted by Crippen LogP contribution is 2.30. The number of amides is 1. The molecule has 1 saturated heterocycles. The van der Waals surface area contributed by atoms with Crippen molar-refractivity contribution >= 4 is 34.1 Å². The molecule has 1 amide bonds. The quantitative estimate of drug-likeness (QED) is 0.477. The lowest BCUT2D eigenvalue weighted by Crippen LogP contribution is -2.54. The molecule has 2 aromatic carbocycles. The Morgan fingerprint density at radius 1 is 1.06 bits per heavy atom. The van der Waals surface area contributed by atoms with Crippen molar-refractivity contribution in [3.8, 4) is 0 Å². The predicted molar refractivity (Wildman–Crippen MR) is 129 cm³/mol. The predicted octanol–water partition coefficient (Wildman–Crippen LogP) is 2.50. The second-order valence-corrected chi connectivity index (χ2v) is 9.37. The third-order valence-corrected chi connectivity index (χ3v) is 7.26. The average molecular weight is 450 g/mol. The van der Waals surface area contributed by atoms with Crippen LogP contribution in [-0.4, -0.2) is 59.4 Å². The lowest BCUT2D eigenvalue weighted by molar-refractivity contribution is -0.113. The summed E-state index contributed by atoms with van der Waals surface area (Å²) in [4.78, 5) is 32.3. The third-order valence-electron chi connectivity index (χ3n) is 6.25. The molecule has 2 aliphatic rings. The van der Waals surface area contributed by atoms with Gasteiger partial charge in [-0.15, -0.1) is 0 Å². The van der Waals surface area contributed by atoms with Gasteiger partial charge in [0.1, 0.15) is 5.03 Å². The number of rotatable bonds is 5. The van der Waals surface area contributed by atoms with Gasteiger partial charge in [0.15, 0.2) is 0 Å². The van der Waals surface area contributed by atoms with Crippen LogP contribution in [0.1, 0.15) is 17.7 Å². The number of anilines is 1. The van der Waals surface area contributed by atoms with Crippen molar-refractivity contribution < 1.29 is 4.79 Å². The summed E-state index contributed by atoms with van der Waals surface area (Å²) < 4.78 is 1.80. The zero-order valence-corrected chi connectivity index (χ0v) is 19.0. The van der Waals surface area contributed by atoms with Gasteiger partial charge in [0.05, 0.1) is 11.4 Å². The highest BCUT2D eigenvalue weighted by molar-refractivity contribution is 8.00. The monoisotopic (exact) mass is 449 g/mol. The maximum Gasteiger partial charge on any atom is 0.367 e. The molecule has 0 atom stereocenters. The molecule has 0 spiro atoms. The van der Waals surface area contributed by atoms with Crippen LogP contribution >= 0.6 is 11.8 Å². The first-order valence-corrected chi connectivity index (χ1v) is 12.1. The van der Waals surface area contributed by atoms with E-state index < -0.39 is 0 Å². The van der Waals surface area contributed by atoms with Crippen LogP contribution in [0.25, 0.3) is 10.8 Å². The van der Waals surface area contributed by atoms with Crippen LogP contribution in [0.2, 0.25) is 0 Å². The van der Waals surface area contributed by atoms with Crippen molar-refractivity contribution in [2.24, 2.45) is 0 Å². The Hall–Kier alpha value is -2.84. The summed E-state index contributed by atoms with van der Waals surface area (Å²) >= 11 is 1.37. The number of hydrogen-bond acceptors (Lipinski definition) is 6. The van der Waals surface area contributed by atoms with Crippen LogP contribution in [0.4, 0.5) is 5.69 Å². The molecular formula is C24H27N5O2S. The lowest BCUT2D eigenvalue weighted by atomic mass is 10.1. The first-order valence-electron chi connectivity index (χ1n) is 11.1. The van der Waals surface area contributed by atoms with E-state index in [0.29, 0.717) is 5.03 Å². The van der Waals surface area contributed by atoms with Crippen molar-refractivity contribution in [3.05, 3.63) is 64.2 Å². The molecule has 2 heterocycles. The van der Waals surface area contributed by atoms with Crippen LogP contribution in [0.5, 0.6) is 0 Å². The number of fused-ring (bicyclic) bond motifs is 2. The van der Waals surface area contributed by atoms with Crippen LogP contribution in [0.15, 0.2) is 52.3 Å². The summed E-state index contributed by atoms with van der Waals surface area (Å²) in [5, 5.41) is 7.96. The van der Waals surface area contributed by atoms with Gasteiger partial charge in [0.2, 0.25) is 5.91 Å². The van der Waals surface area contributed by atoms with E-state index in [1.807, 2.05) is 42.5 Å². The fraction of sp³-hybridized carbons (Fsp3) is 0.375. The van der Waals surface area contributed by atoms with E-state index in [1.54, 1.807) is 4.68 Å². The van der Waals surface area contributed by atoms with Crippen molar-refractivity contribution in [2.45, 2.75) is 24.3 Å². The average Bonchev–Trinajstić information content (AvgIpc) is 3.28. The molecule has 0 bridgehead atoms. The van der Waals surface area contributed by atoms with Crippen molar-refractivity contribution in [2.75, 3.05) is 49.3 Å². The number of nitrogens with one attached hydrogen (secondary N) is 1. The standard InChI is InChI=1S/C24H27N5O2S/c1-27-12-14-28(15-13-27)29-21-11-5-9-19(21)23(26-24(29)31)32-16-22(30)25-20-10-4-7-17-6-2-3-8-18(17)20/h2-4,6-8,10H,5,9,11-16H2,1H3,(H,25,30). The number of hydrogen-bond donors (Lipinski definition) is 1. The maximum absolute atomic E-state index is 12.9. The summed E-state index contributed by atoms with van der Waals surface area (Å²) in [7, 11) is 2.10. The van der Waals surface area contributed by atoms with Gasteiger partial charge >= 0.3 is 5.69 Å². The Morgan fingerprint density at radius 2 is 1.84 bits per heavy atom. The largest absolute Gasteiger partial charge is 0.367 e. The molecular weight excluding hydrogens is 422 g/mol. The van der Waals surface area contributed by atoms with Gasteiger partial charge in [-0.05, 0) is 37.8 Å². The number of nitrogens with zero attached hydrogens (tertiary/aromatic N) is 4. The zero-order valence-electron chi connectivity index (χ0n) is 18.2. The Balaban J connectivity index is 1.33. The van der Waals surface area contributed by atoms with E-state index in [-0.39, 0.29) is 17.3 Å². The summed E-state index contributed by atoms with van der Waals surface area (Å²) in [5.41, 5.74) is 2.78. The normalized spacial score (nSPS) is 16.3. The smallest absolute Gasteiger partial charge is 0.325 e. The van der Waals surface area contributed by atoms with Crippen molar-refractivity contribution in [1.82, 2.24) is 14.6 Å². The molecule has 1 fully saturated rings. The number of carbonyl (C=O) groups excluding carboxylic acids is 1. The first-order chi connectivity index (χ1) is 15.6. The Morgan fingerprint density at radius 3 is 2.69 bits per heavy atom. The molecule has 5 rings (SSSR count). The summed E-state index contributed by atoms with van der Waals surface area (Å²) in [5.74, 6) is 0.129. The van der Waals surface area contributed by atoms with Crippen LogP contribution in [0, 0.1) is 0 Å². The minimum atomic E-state index is -0.229. The first kappa shape index (κ1) is 21.0. The Labute approximate surface area is 191 Å². The highest BCUT2D eigenvalue weighted by Gasteiger charge is 2.26. The highest BCUT2D eigenvalue weighted by atomic mass is 32.2. The van der Waals surface area contributed by atoms with Crippen LogP contribution < -0.4 is 16.0 Å². The maximum atomic E-state index is 12.9. The molecule has 32 heavy (non-hydrogen) atoms. The molecule has 0 radical (unpaired) electrons. The van der Waals surface area contributed by atoms with E-state index in [1.165, 1.54) is 11.8 Å². The topological polar surface area (TPSA) is 70.5 Å². The SMILES string of the molecule is CN1CCN(n2c3c(c(SCC(=O)Nc4cccc5ccccc45)nc2=O)CCC3)CC1. The van der Waals surface area contributed by atoms with Crippen molar-refractivity contribution in [1.29, 1.82) is 0 Å². The molecule has 1 aliphatic heterocycles. The molecule has 8 heteroatoms. The number of carbonyl (C=O) groups is 1. The summed E-state index contributed by atoms with van der Waals surface area (Å²) in [6.45, 7) is 3.52. The second kappa shape index (κ2) is 8.96.